The van der Waals surface area contributed by atoms with Crippen LogP contribution in [-0.4, -0.2) is 18.1 Å². The second-order valence-corrected chi connectivity index (χ2v) is 3.64. The molecule has 15 heavy (non-hydrogen) atoms. The van der Waals surface area contributed by atoms with Gasteiger partial charge in [0.1, 0.15) is 4.88 Å². The molecule has 0 spiro atoms. The molecule has 4 heteroatoms. The van der Waals surface area contributed by atoms with Gasteiger partial charge in [-0.1, -0.05) is 30.3 Å². The third-order valence-corrected chi connectivity index (χ3v) is 2.68. The summed E-state index contributed by atoms with van der Waals surface area (Å²) in [4.78, 5) is 15.9. The third kappa shape index (κ3) is 1.89. The summed E-state index contributed by atoms with van der Waals surface area (Å²) in [5.41, 5.74) is 4.23. The van der Waals surface area contributed by atoms with E-state index in [1.54, 1.807) is 0 Å². The van der Waals surface area contributed by atoms with Crippen LogP contribution in [0, 0.1) is 5.51 Å². The average Bonchev–Trinajstić information content (AvgIpc) is 2.78. The van der Waals surface area contributed by atoms with Crippen LogP contribution in [0.2, 0.25) is 0 Å². The first kappa shape index (κ1) is 9.86. The highest BCUT2D eigenvalue weighted by atomic mass is 32.1. The minimum Gasteiger partial charge on any atom is -0.465 e. The second kappa shape index (κ2) is 4.23. The van der Waals surface area contributed by atoms with E-state index in [1.807, 2.05) is 30.3 Å². The molecule has 0 aliphatic heterocycles. The van der Waals surface area contributed by atoms with Gasteiger partial charge in [0, 0.05) is 5.56 Å². The lowest BCUT2D eigenvalue weighted by Crippen LogP contribution is -2.00. The van der Waals surface area contributed by atoms with Crippen molar-refractivity contribution in [3.05, 3.63) is 40.7 Å². The average molecular weight is 218 g/mol. The number of hydrogen-bond donors (Lipinski definition) is 0. The van der Waals surface area contributed by atoms with Crippen molar-refractivity contribution in [2.24, 2.45) is 0 Å². The van der Waals surface area contributed by atoms with Crippen molar-refractivity contribution in [3.8, 4) is 11.3 Å². The Bertz CT molecular complexity index is 464. The summed E-state index contributed by atoms with van der Waals surface area (Å²) in [6.07, 6.45) is 0. The number of hydrogen-bond acceptors (Lipinski definition) is 4. The highest BCUT2D eigenvalue weighted by Gasteiger charge is 2.16. The lowest BCUT2D eigenvalue weighted by molar-refractivity contribution is 0.0607. The molecule has 0 amide bonds. The van der Waals surface area contributed by atoms with E-state index in [0.717, 1.165) is 5.56 Å². The molecule has 2 rings (SSSR count). The Morgan fingerprint density at radius 3 is 2.80 bits per heavy atom. The number of carbonyl (C=O) groups excluding carboxylic acids is 1. The molecule has 2 aromatic rings. The maximum Gasteiger partial charge on any atom is 0.350 e. The highest BCUT2D eigenvalue weighted by Crippen LogP contribution is 2.25. The van der Waals surface area contributed by atoms with Gasteiger partial charge in [0.2, 0.25) is 0 Å². The molecule has 0 N–H and O–H groups in total. The van der Waals surface area contributed by atoms with E-state index >= 15 is 0 Å². The highest BCUT2D eigenvalue weighted by molar-refractivity contribution is 7.11. The van der Waals surface area contributed by atoms with Crippen LogP contribution in [-0.2, 0) is 4.74 Å². The van der Waals surface area contributed by atoms with Gasteiger partial charge in [0.05, 0.1) is 12.8 Å². The third-order valence-electron chi connectivity index (χ3n) is 1.94. The van der Waals surface area contributed by atoms with E-state index in [4.69, 9.17) is 0 Å². The van der Waals surface area contributed by atoms with Crippen LogP contribution in [0.1, 0.15) is 9.67 Å². The Hall–Kier alpha value is -1.68. The molecule has 0 aliphatic rings. The van der Waals surface area contributed by atoms with Crippen molar-refractivity contribution in [2.45, 2.75) is 0 Å². The van der Waals surface area contributed by atoms with Crippen LogP contribution in [0.3, 0.4) is 0 Å². The molecule has 0 bridgehead atoms. The summed E-state index contributed by atoms with van der Waals surface area (Å²) in [6, 6.07) is 9.51. The molecule has 75 valence electrons. The van der Waals surface area contributed by atoms with Gasteiger partial charge in [-0.15, -0.1) is 11.3 Å². The van der Waals surface area contributed by atoms with Crippen molar-refractivity contribution < 1.29 is 9.53 Å². The molecule has 0 aliphatic carbocycles. The van der Waals surface area contributed by atoms with E-state index in [9.17, 15) is 4.79 Å². The van der Waals surface area contributed by atoms with Gasteiger partial charge in [-0.05, 0) is 0 Å². The van der Waals surface area contributed by atoms with E-state index in [0.29, 0.717) is 10.6 Å². The van der Waals surface area contributed by atoms with Gasteiger partial charge in [0.15, 0.2) is 5.51 Å². The standard InChI is InChI=1S/C11H8NO2S/c1-14-11(13)10-9(12-7-15-10)8-5-3-2-4-6-8/h2-6H,1H3. The number of ether oxygens (including phenoxy) is 1. The van der Waals surface area contributed by atoms with Crippen molar-refractivity contribution in [1.29, 1.82) is 0 Å². The summed E-state index contributed by atoms with van der Waals surface area (Å²) in [7, 11) is 1.36. The summed E-state index contributed by atoms with van der Waals surface area (Å²) in [5, 5.41) is 0. The van der Waals surface area contributed by atoms with E-state index < -0.39 is 0 Å². The Labute approximate surface area is 91.4 Å². The molecule has 0 saturated heterocycles. The number of esters is 1. The predicted octanol–water partition coefficient (Wildman–Crippen LogP) is 2.40. The molecular formula is C11H8NO2S. The normalized spacial score (nSPS) is 9.93. The summed E-state index contributed by atoms with van der Waals surface area (Å²) < 4.78 is 4.67. The first-order valence-electron chi connectivity index (χ1n) is 4.33. The fourth-order valence-electron chi connectivity index (χ4n) is 1.24. The lowest BCUT2D eigenvalue weighted by atomic mass is 10.1. The van der Waals surface area contributed by atoms with Crippen molar-refractivity contribution in [1.82, 2.24) is 4.98 Å². The SMILES string of the molecule is COC(=O)c1s[c]nc1-c1ccccc1. The van der Waals surface area contributed by atoms with Crippen LogP contribution >= 0.6 is 11.3 Å². The molecule has 1 radical (unpaired) electrons. The Morgan fingerprint density at radius 2 is 2.13 bits per heavy atom. The molecule has 3 nitrogen and oxygen atoms in total. The predicted molar refractivity (Wildman–Crippen MR) is 57.7 cm³/mol. The zero-order valence-corrected chi connectivity index (χ0v) is 8.88. The minimum absolute atomic E-state index is 0.368. The van der Waals surface area contributed by atoms with Gasteiger partial charge in [0.25, 0.3) is 0 Å². The van der Waals surface area contributed by atoms with Gasteiger partial charge in [-0.3, -0.25) is 0 Å². The maximum atomic E-state index is 11.4. The van der Waals surface area contributed by atoms with Crippen LogP contribution in [0.25, 0.3) is 11.3 Å². The Balaban J connectivity index is 2.46. The number of rotatable bonds is 2. The first-order chi connectivity index (χ1) is 7.33. The number of carbonyl (C=O) groups is 1. The fraction of sp³-hybridized carbons (Fsp3) is 0.0909. The second-order valence-electron chi connectivity index (χ2n) is 2.84. The quantitative estimate of drug-likeness (QED) is 0.726. The first-order valence-corrected chi connectivity index (χ1v) is 5.15. The van der Waals surface area contributed by atoms with Crippen molar-refractivity contribution in [3.63, 3.8) is 0 Å². The van der Waals surface area contributed by atoms with Crippen LogP contribution in [0.5, 0.6) is 0 Å². The van der Waals surface area contributed by atoms with Crippen LogP contribution < -0.4 is 0 Å². The van der Waals surface area contributed by atoms with Crippen molar-refractivity contribution >= 4 is 17.3 Å². The molecule has 0 atom stereocenters. The van der Waals surface area contributed by atoms with Crippen LogP contribution in [0.4, 0.5) is 0 Å². The summed E-state index contributed by atoms with van der Waals surface area (Å²) in [5.74, 6) is -0.368. The van der Waals surface area contributed by atoms with E-state index in [-0.39, 0.29) is 5.97 Å². The Kier molecular flexibility index (Phi) is 2.78. The van der Waals surface area contributed by atoms with E-state index in [1.165, 1.54) is 18.4 Å². The van der Waals surface area contributed by atoms with Crippen molar-refractivity contribution in [2.75, 3.05) is 7.11 Å². The molecule has 1 aromatic carbocycles. The molecule has 0 fully saturated rings. The monoisotopic (exact) mass is 218 g/mol. The smallest absolute Gasteiger partial charge is 0.350 e. The van der Waals surface area contributed by atoms with E-state index in [2.05, 4.69) is 15.2 Å². The lowest BCUT2D eigenvalue weighted by Gasteiger charge is -1.99. The summed E-state index contributed by atoms with van der Waals surface area (Å²) in [6.45, 7) is 0. The number of thiazole rings is 1. The number of benzene rings is 1. The van der Waals surface area contributed by atoms with Gasteiger partial charge in [-0.2, -0.15) is 0 Å². The van der Waals surface area contributed by atoms with Gasteiger partial charge < -0.3 is 4.74 Å². The zero-order chi connectivity index (χ0) is 10.7. The van der Waals surface area contributed by atoms with Gasteiger partial charge in [-0.25, -0.2) is 9.78 Å². The van der Waals surface area contributed by atoms with Crippen LogP contribution in [0.15, 0.2) is 30.3 Å². The zero-order valence-electron chi connectivity index (χ0n) is 8.06. The fourth-order valence-corrected chi connectivity index (χ4v) is 1.89. The molecule has 0 unspecified atom stereocenters. The molecule has 1 heterocycles. The van der Waals surface area contributed by atoms with Gasteiger partial charge >= 0.3 is 5.97 Å². The molecular weight excluding hydrogens is 210 g/mol. The topological polar surface area (TPSA) is 39.2 Å². The molecule has 0 saturated carbocycles. The summed E-state index contributed by atoms with van der Waals surface area (Å²) >= 11 is 1.17. The molecule has 1 aromatic heterocycles. The minimum atomic E-state index is -0.368. The number of nitrogens with zero attached hydrogens (tertiary/aromatic N) is 1. The maximum absolute atomic E-state index is 11.4. The Morgan fingerprint density at radius 1 is 1.40 bits per heavy atom. The largest absolute Gasteiger partial charge is 0.465 e. The number of methoxy groups -OCH3 is 1. The number of aromatic nitrogens is 1.